The molecule has 0 bridgehead atoms. The highest BCUT2D eigenvalue weighted by molar-refractivity contribution is 5.94. The minimum absolute atomic E-state index is 0.0952. The number of hydrogen-bond acceptors (Lipinski definition) is 2. The van der Waals surface area contributed by atoms with Gasteiger partial charge in [-0.25, -0.2) is 0 Å². The second-order valence-corrected chi connectivity index (χ2v) is 7.16. The summed E-state index contributed by atoms with van der Waals surface area (Å²) in [6.45, 7) is 7.18. The molecule has 0 aliphatic heterocycles. The molecule has 1 amide bonds. The molecule has 2 rings (SSSR count). The van der Waals surface area contributed by atoms with Gasteiger partial charge in [-0.2, -0.15) is 0 Å². The maximum absolute atomic E-state index is 12.6. The molecule has 0 spiro atoms. The topological polar surface area (TPSA) is 38.3 Å². The van der Waals surface area contributed by atoms with Crippen molar-refractivity contribution in [2.45, 2.75) is 40.2 Å². The smallest absolute Gasteiger partial charge is 0.251 e. The van der Waals surface area contributed by atoms with Crippen LogP contribution in [0.2, 0.25) is 0 Å². The van der Waals surface area contributed by atoms with E-state index in [0.717, 1.165) is 28.9 Å². The number of allylic oxidation sites excluding steroid dienone is 3. The summed E-state index contributed by atoms with van der Waals surface area (Å²) in [6.07, 6.45) is 12.9. The van der Waals surface area contributed by atoms with Crippen molar-refractivity contribution in [1.29, 1.82) is 0 Å². The van der Waals surface area contributed by atoms with Gasteiger partial charge < -0.3 is 10.1 Å². The molecule has 0 saturated heterocycles. The summed E-state index contributed by atoms with van der Waals surface area (Å²) >= 11 is 0. The van der Waals surface area contributed by atoms with E-state index in [1.807, 2.05) is 67.6 Å². The number of carbonyl (C=O) groups excluding carboxylic acids is 1. The Morgan fingerprint density at radius 3 is 2.79 bits per heavy atom. The zero-order chi connectivity index (χ0) is 21.1. The average Bonchev–Trinajstić information content (AvgIpc) is 2.71. The van der Waals surface area contributed by atoms with Gasteiger partial charge in [0, 0.05) is 18.5 Å². The first-order valence-electron chi connectivity index (χ1n) is 9.85. The number of amides is 1. The van der Waals surface area contributed by atoms with Gasteiger partial charge in [0.25, 0.3) is 5.91 Å². The fourth-order valence-corrected chi connectivity index (χ4v) is 2.70. The Bertz CT molecular complexity index is 928. The third-order valence-electron chi connectivity index (χ3n) is 4.33. The molecule has 0 aromatic heterocycles. The fourth-order valence-electron chi connectivity index (χ4n) is 2.70. The standard InChI is InChI=1S/C26H29NO2/c1-5-6-7-16-29-25-13-9-11-22(17-25)19-27-26(28)24-15-14-21(4)23(18-24)12-8-10-20(2)3/h1,8-15,17-18H,6-7,16,19H2,2-4H3,(H,27,28)/b12-8-. The lowest BCUT2D eigenvalue weighted by atomic mass is 10.0. The lowest BCUT2D eigenvalue weighted by molar-refractivity contribution is 0.0951. The van der Waals surface area contributed by atoms with Crippen LogP contribution in [0.25, 0.3) is 6.08 Å². The summed E-state index contributed by atoms with van der Waals surface area (Å²) in [5.41, 5.74) is 5.04. The molecule has 0 atom stereocenters. The van der Waals surface area contributed by atoms with Crippen LogP contribution in [-0.2, 0) is 6.54 Å². The van der Waals surface area contributed by atoms with Gasteiger partial charge in [0.1, 0.15) is 5.75 Å². The number of nitrogens with one attached hydrogen (secondary N) is 1. The Kier molecular flexibility index (Phi) is 8.79. The van der Waals surface area contributed by atoms with Crippen molar-refractivity contribution in [3.8, 4) is 18.1 Å². The van der Waals surface area contributed by atoms with E-state index < -0.39 is 0 Å². The van der Waals surface area contributed by atoms with Crippen LogP contribution >= 0.6 is 0 Å². The minimum atomic E-state index is -0.0952. The number of terminal acetylenes is 1. The van der Waals surface area contributed by atoms with Gasteiger partial charge in [-0.05, 0) is 68.1 Å². The van der Waals surface area contributed by atoms with Crippen LogP contribution in [0.3, 0.4) is 0 Å². The van der Waals surface area contributed by atoms with E-state index in [4.69, 9.17) is 11.2 Å². The highest BCUT2D eigenvalue weighted by Crippen LogP contribution is 2.16. The highest BCUT2D eigenvalue weighted by Gasteiger charge is 2.07. The molecule has 0 radical (unpaired) electrons. The minimum Gasteiger partial charge on any atom is -0.494 e. The molecule has 0 saturated carbocycles. The summed E-state index contributed by atoms with van der Waals surface area (Å²) in [6, 6.07) is 13.5. The molecule has 0 aliphatic rings. The highest BCUT2D eigenvalue weighted by atomic mass is 16.5. The largest absolute Gasteiger partial charge is 0.494 e. The monoisotopic (exact) mass is 387 g/mol. The normalized spacial score (nSPS) is 10.4. The van der Waals surface area contributed by atoms with Crippen molar-refractivity contribution in [3.05, 3.63) is 82.4 Å². The molecule has 1 N–H and O–H groups in total. The van der Waals surface area contributed by atoms with Crippen molar-refractivity contribution >= 4 is 12.0 Å². The first-order chi connectivity index (χ1) is 14.0. The summed E-state index contributed by atoms with van der Waals surface area (Å²) in [7, 11) is 0. The predicted molar refractivity (Wildman–Crippen MR) is 121 cm³/mol. The number of ether oxygens (including phenoxy) is 1. The number of hydrogen-bond donors (Lipinski definition) is 1. The van der Waals surface area contributed by atoms with Gasteiger partial charge in [0.05, 0.1) is 6.61 Å². The summed E-state index contributed by atoms with van der Waals surface area (Å²) < 4.78 is 5.70. The Morgan fingerprint density at radius 1 is 1.21 bits per heavy atom. The third kappa shape index (κ3) is 7.71. The van der Waals surface area contributed by atoms with Gasteiger partial charge in [0.2, 0.25) is 0 Å². The van der Waals surface area contributed by atoms with Crippen LogP contribution in [0.5, 0.6) is 5.75 Å². The van der Waals surface area contributed by atoms with Crippen molar-refractivity contribution in [3.63, 3.8) is 0 Å². The number of carbonyl (C=O) groups is 1. The van der Waals surface area contributed by atoms with E-state index >= 15 is 0 Å². The first-order valence-corrected chi connectivity index (χ1v) is 9.85. The van der Waals surface area contributed by atoms with Gasteiger partial charge >= 0.3 is 0 Å². The lowest BCUT2D eigenvalue weighted by Crippen LogP contribution is -2.22. The van der Waals surface area contributed by atoms with Crippen LogP contribution in [0.15, 0.2) is 60.2 Å². The van der Waals surface area contributed by atoms with Crippen LogP contribution in [0.4, 0.5) is 0 Å². The second kappa shape index (κ2) is 11.6. The quantitative estimate of drug-likeness (QED) is 0.341. The van der Waals surface area contributed by atoms with Gasteiger partial charge in [-0.15, -0.1) is 12.3 Å². The van der Waals surface area contributed by atoms with Gasteiger partial charge in [-0.3, -0.25) is 4.79 Å². The van der Waals surface area contributed by atoms with Crippen LogP contribution in [0, 0.1) is 19.3 Å². The Hall–Kier alpha value is -3.25. The van der Waals surface area contributed by atoms with Crippen LogP contribution in [-0.4, -0.2) is 12.5 Å². The summed E-state index contributed by atoms with van der Waals surface area (Å²) in [5, 5.41) is 2.98. The molecule has 3 heteroatoms. The van der Waals surface area contributed by atoms with Gasteiger partial charge in [0.15, 0.2) is 0 Å². The van der Waals surface area contributed by atoms with E-state index in [9.17, 15) is 4.79 Å². The number of aryl methyl sites for hydroxylation is 1. The zero-order valence-corrected chi connectivity index (χ0v) is 17.5. The molecule has 0 fully saturated rings. The fraction of sp³-hybridized carbons (Fsp3) is 0.269. The number of rotatable bonds is 9. The second-order valence-electron chi connectivity index (χ2n) is 7.16. The molecule has 0 unspecified atom stereocenters. The first kappa shape index (κ1) is 22.0. The lowest BCUT2D eigenvalue weighted by Gasteiger charge is -2.10. The summed E-state index contributed by atoms with van der Waals surface area (Å²) in [4.78, 5) is 12.6. The van der Waals surface area contributed by atoms with Crippen molar-refractivity contribution in [1.82, 2.24) is 5.32 Å². The van der Waals surface area contributed by atoms with Crippen molar-refractivity contribution in [2.24, 2.45) is 0 Å². The Morgan fingerprint density at radius 2 is 2.03 bits per heavy atom. The number of unbranched alkanes of at least 4 members (excludes halogenated alkanes) is 1. The molecule has 0 aliphatic carbocycles. The molecular weight excluding hydrogens is 358 g/mol. The Labute approximate surface area is 174 Å². The van der Waals surface area contributed by atoms with E-state index in [1.165, 1.54) is 5.57 Å². The average molecular weight is 388 g/mol. The van der Waals surface area contributed by atoms with E-state index in [1.54, 1.807) is 0 Å². The maximum atomic E-state index is 12.6. The molecule has 150 valence electrons. The van der Waals surface area contributed by atoms with Crippen LogP contribution in [0.1, 0.15) is 53.7 Å². The SMILES string of the molecule is C#CCCCOc1cccc(CNC(=O)c2ccc(C)c(/C=C\C=C(C)C)c2)c1. The molecule has 0 heterocycles. The summed E-state index contributed by atoms with van der Waals surface area (Å²) in [5.74, 6) is 3.30. The molecule has 2 aromatic rings. The third-order valence-corrected chi connectivity index (χ3v) is 4.33. The zero-order valence-electron chi connectivity index (χ0n) is 17.5. The predicted octanol–water partition coefficient (Wildman–Crippen LogP) is 5.70. The molecule has 29 heavy (non-hydrogen) atoms. The van der Waals surface area contributed by atoms with Gasteiger partial charge in [-0.1, -0.05) is 42.0 Å². The van der Waals surface area contributed by atoms with Crippen LogP contribution < -0.4 is 10.1 Å². The maximum Gasteiger partial charge on any atom is 0.251 e. The Balaban J connectivity index is 1.98. The van der Waals surface area contributed by atoms with Crippen molar-refractivity contribution < 1.29 is 9.53 Å². The molecule has 3 nitrogen and oxygen atoms in total. The van der Waals surface area contributed by atoms with E-state index in [-0.39, 0.29) is 5.91 Å². The molecule has 2 aromatic carbocycles. The number of benzene rings is 2. The van der Waals surface area contributed by atoms with Crippen molar-refractivity contribution in [2.75, 3.05) is 6.61 Å². The van der Waals surface area contributed by atoms with E-state index in [0.29, 0.717) is 25.1 Å². The molecular formula is C26H29NO2. The van der Waals surface area contributed by atoms with E-state index in [2.05, 4.69) is 25.1 Å².